The fourth-order valence-electron chi connectivity index (χ4n) is 2.15. The highest BCUT2D eigenvalue weighted by Gasteiger charge is 2.10. The molecule has 5 nitrogen and oxygen atoms in total. The maximum absolute atomic E-state index is 10.0. The molecule has 0 saturated carbocycles. The SMILES string of the molecule is O[C@H](COCc1ccc(Cl)cc1)CSc1n[nH]c(-c2ccccc2)n1. The number of aliphatic hydroxyl groups excluding tert-OH is 1. The van der Waals surface area contributed by atoms with E-state index in [4.69, 9.17) is 16.3 Å². The highest BCUT2D eigenvalue weighted by Crippen LogP contribution is 2.19. The normalized spacial score (nSPS) is 12.2. The number of hydrogen-bond acceptors (Lipinski definition) is 5. The average molecular weight is 376 g/mol. The number of halogens is 1. The van der Waals surface area contributed by atoms with Crippen LogP contribution in [-0.2, 0) is 11.3 Å². The molecule has 0 aliphatic heterocycles. The Hall–Kier alpha value is -1.86. The molecule has 2 aromatic carbocycles. The number of benzene rings is 2. The summed E-state index contributed by atoms with van der Waals surface area (Å²) >= 11 is 7.23. The number of aromatic nitrogens is 3. The third-order valence-corrected chi connectivity index (χ3v) is 4.65. The molecule has 0 amide bonds. The monoisotopic (exact) mass is 375 g/mol. The molecule has 0 aliphatic carbocycles. The number of ether oxygens (including phenoxy) is 1. The summed E-state index contributed by atoms with van der Waals surface area (Å²) in [7, 11) is 0. The van der Waals surface area contributed by atoms with Crippen molar-refractivity contribution >= 4 is 23.4 Å². The Morgan fingerprint density at radius 3 is 2.64 bits per heavy atom. The molecule has 1 atom stereocenters. The largest absolute Gasteiger partial charge is 0.390 e. The van der Waals surface area contributed by atoms with Crippen LogP contribution in [0, 0.1) is 0 Å². The summed E-state index contributed by atoms with van der Waals surface area (Å²) < 4.78 is 5.53. The van der Waals surface area contributed by atoms with Gasteiger partial charge in [-0.3, -0.25) is 5.10 Å². The lowest BCUT2D eigenvalue weighted by Gasteiger charge is -2.10. The maximum Gasteiger partial charge on any atom is 0.208 e. The van der Waals surface area contributed by atoms with Crippen LogP contribution in [0.1, 0.15) is 5.56 Å². The lowest BCUT2D eigenvalue weighted by Crippen LogP contribution is -2.18. The smallest absolute Gasteiger partial charge is 0.208 e. The Morgan fingerprint density at radius 1 is 1.12 bits per heavy atom. The Balaban J connectivity index is 1.41. The molecule has 130 valence electrons. The first-order chi connectivity index (χ1) is 12.2. The average Bonchev–Trinajstić information content (AvgIpc) is 3.11. The standard InChI is InChI=1S/C18H18ClN3O2S/c19-15-8-6-13(7-9-15)10-24-11-16(23)12-25-18-20-17(21-22-18)14-4-2-1-3-5-14/h1-9,16,23H,10-12H2,(H,20,21,22)/t16-/m1/s1. The summed E-state index contributed by atoms with van der Waals surface area (Å²) in [5.74, 6) is 1.18. The van der Waals surface area contributed by atoms with Gasteiger partial charge in [-0.15, -0.1) is 5.10 Å². The molecule has 7 heteroatoms. The zero-order chi connectivity index (χ0) is 17.5. The van der Waals surface area contributed by atoms with Crippen LogP contribution in [0.3, 0.4) is 0 Å². The minimum Gasteiger partial charge on any atom is -0.390 e. The van der Waals surface area contributed by atoms with Gasteiger partial charge < -0.3 is 9.84 Å². The van der Waals surface area contributed by atoms with Gasteiger partial charge in [0.15, 0.2) is 5.82 Å². The topological polar surface area (TPSA) is 71.0 Å². The van der Waals surface area contributed by atoms with Crippen molar-refractivity contribution in [2.45, 2.75) is 17.9 Å². The summed E-state index contributed by atoms with van der Waals surface area (Å²) in [4.78, 5) is 4.42. The molecule has 0 spiro atoms. The van der Waals surface area contributed by atoms with Crippen molar-refractivity contribution < 1.29 is 9.84 Å². The fraction of sp³-hybridized carbons (Fsp3) is 0.222. The number of H-pyrrole nitrogens is 1. The second kappa shape index (κ2) is 9.01. The number of nitrogens with zero attached hydrogens (tertiary/aromatic N) is 2. The molecule has 0 radical (unpaired) electrons. The summed E-state index contributed by atoms with van der Waals surface area (Å²) in [6, 6.07) is 17.2. The number of hydrogen-bond donors (Lipinski definition) is 2. The van der Waals surface area contributed by atoms with Crippen LogP contribution in [0.5, 0.6) is 0 Å². The van der Waals surface area contributed by atoms with E-state index in [1.165, 1.54) is 11.8 Å². The van der Waals surface area contributed by atoms with Crippen LogP contribution in [0.2, 0.25) is 5.02 Å². The van der Waals surface area contributed by atoms with Gasteiger partial charge in [0.1, 0.15) is 0 Å². The van der Waals surface area contributed by atoms with Gasteiger partial charge in [-0.05, 0) is 17.7 Å². The first kappa shape index (κ1) is 17.9. The van der Waals surface area contributed by atoms with Crippen molar-refractivity contribution in [1.82, 2.24) is 15.2 Å². The molecule has 0 aliphatic rings. The van der Waals surface area contributed by atoms with Crippen molar-refractivity contribution in [2.24, 2.45) is 0 Å². The van der Waals surface area contributed by atoms with Gasteiger partial charge in [0.2, 0.25) is 5.16 Å². The molecule has 25 heavy (non-hydrogen) atoms. The first-order valence-electron chi connectivity index (χ1n) is 7.81. The minimum absolute atomic E-state index is 0.256. The molecule has 0 fully saturated rings. The van der Waals surface area contributed by atoms with E-state index in [-0.39, 0.29) is 6.61 Å². The van der Waals surface area contributed by atoms with Crippen molar-refractivity contribution in [3.8, 4) is 11.4 Å². The van der Waals surface area contributed by atoms with Gasteiger partial charge in [-0.1, -0.05) is 65.8 Å². The van der Waals surface area contributed by atoms with Crippen LogP contribution >= 0.6 is 23.4 Å². The van der Waals surface area contributed by atoms with Gasteiger partial charge in [0.05, 0.1) is 19.3 Å². The molecule has 1 heterocycles. The van der Waals surface area contributed by atoms with Gasteiger partial charge in [0, 0.05) is 16.3 Å². The van der Waals surface area contributed by atoms with E-state index in [1.807, 2.05) is 54.6 Å². The van der Waals surface area contributed by atoms with Crippen molar-refractivity contribution in [3.63, 3.8) is 0 Å². The summed E-state index contributed by atoms with van der Waals surface area (Å²) in [6.45, 7) is 0.698. The third kappa shape index (κ3) is 5.57. The molecule has 0 saturated heterocycles. The van der Waals surface area contributed by atoms with E-state index in [0.29, 0.717) is 22.5 Å². The summed E-state index contributed by atoms with van der Waals surface area (Å²) in [5, 5.41) is 18.4. The molecule has 3 aromatic rings. The predicted molar refractivity (Wildman–Crippen MR) is 99.7 cm³/mol. The summed E-state index contributed by atoms with van der Waals surface area (Å²) in [6.07, 6.45) is -0.587. The number of thioether (sulfide) groups is 1. The highest BCUT2D eigenvalue weighted by molar-refractivity contribution is 7.99. The van der Waals surface area contributed by atoms with E-state index in [9.17, 15) is 5.11 Å². The minimum atomic E-state index is -0.587. The van der Waals surface area contributed by atoms with Gasteiger partial charge in [-0.2, -0.15) is 0 Å². The van der Waals surface area contributed by atoms with Crippen molar-refractivity contribution in [2.75, 3.05) is 12.4 Å². The molecule has 1 aromatic heterocycles. The zero-order valence-corrected chi connectivity index (χ0v) is 15.0. The highest BCUT2D eigenvalue weighted by atomic mass is 35.5. The first-order valence-corrected chi connectivity index (χ1v) is 9.18. The molecule has 3 rings (SSSR count). The lowest BCUT2D eigenvalue weighted by molar-refractivity contribution is 0.0398. The maximum atomic E-state index is 10.0. The van der Waals surface area contributed by atoms with E-state index in [1.54, 1.807) is 0 Å². The second-order valence-corrected chi connectivity index (χ2v) is 6.86. The Bertz CT molecular complexity index is 781. The van der Waals surface area contributed by atoms with E-state index in [0.717, 1.165) is 17.0 Å². The van der Waals surface area contributed by atoms with E-state index < -0.39 is 6.10 Å². The molecule has 2 N–H and O–H groups in total. The van der Waals surface area contributed by atoms with Crippen LogP contribution in [0.25, 0.3) is 11.4 Å². The van der Waals surface area contributed by atoms with Crippen LogP contribution in [-0.4, -0.2) is 38.8 Å². The van der Waals surface area contributed by atoms with E-state index in [2.05, 4.69) is 15.2 Å². The van der Waals surface area contributed by atoms with Crippen LogP contribution in [0.15, 0.2) is 59.8 Å². The predicted octanol–water partition coefficient (Wildman–Crippen LogP) is 3.79. The number of nitrogens with one attached hydrogen (secondary N) is 1. The Kier molecular flexibility index (Phi) is 6.47. The van der Waals surface area contributed by atoms with Gasteiger partial charge in [0.25, 0.3) is 0 Å². The number of aliphatic hydroxyl groups is 1. The second-order valence-electron chi connectivity index (χ2n) is 5.44. The van der Waals surface area contributed by atoms with Crippen molar-refractivity contribution in [3.05, 3.63) is 65.2 Å². The molecular formula is C18H18ClN3O2S. The van der Waals surface area contributed by atoms with Crippen LogP contribution in [0.4, 0.5) is 0 Å². The Morgan fingerprint density at radius 2 is 1.88 bits per heavy atom. The third-order valence-electron chi connectivity index (χ3n) is 3.41. The zero-order valence-electron chi connectivity index (χ0n) is 13.4. The quantitative estimate of drug-likeness (QED) is 0.586. The van der Waals surface area contributed by atoms with Crippen molar-refractivity contribution in [1.29, 1.82) is 0 Å². The number of rotatable bonds is 8. The summed E-state index contributed by atoms with van der Waals surface area (Å²) in [5.41, 5.74) is 2.00. The van der Waals surface area contributed by atoms with E-state index >= 15 is 0 Å². The number of aromatic amines is 1. The molecular weight excluding hydrogens is 358 g/mol. The Labute approximate surface area is 155 Å². The molecule has 0 bridgehead atoms. The van der Waals surface area contributed by atoms with Gasteiger partial charge in [-0.25, -0.2) is 4.98 Å². The lowest BCUT2D eigenvalue weighted by atomic mass is 10.2. The van der Waals surface area contributed by atoms with Crippen LogP contribution < -0.4 is 0 Å². The van der Waals surface area contributed by atoms with Gasteiger partial charge >= 0.3 is 0 Å². The fourth-order valence-corrected chi connectivity index (χ4v) is 2.98. The molecule has 0 unspecified atom stereocenters.